The molecule has 0 fully saturated rings. The van der Waals surface area contributed by atoms with Crippen molar-refractivity contribution in [3.05, 3.63) is 58.0 Å². The van der Waals surface area contributed by atoms with E-state index in [0.29, 0.717) is 68.8 Å². The van der Waals surface area contributed by atoms with Crippen molar-refractivity contribution < 1.29 is 19.2 Å². The van der Waals surface area contributed by atoms with Crippen molar-refractivity contribution in [2.75, 3.05) is 0 Å². The first-order valence-electron chi connectivity index (χ1n) is 23.2. The highest BCUT2D eigenvalue weighted by Crippen LogP contribution is 2.59. The van der Waals surface area contributed by atoms with Gasteiger partial charge in [0.25, 0.3) is 23.6 Å². The van der Waals surface area contributed by atoms with Crippen molar-refractivity contribution in [2.45, 2.75) is 168 Å². The first-order valence-corrected chi connectivity index (χ1v) is 29.5. The molecule has 0 aliphatic carbocycles. The Labute approximate surface area is 444 Å². The lowest BCUT2D eigenvalue weighted by molar-refractivity contribution is 0.0500. The minimum absolute atomic E-state index is 0.241. The van der Waals surface area contributed by atoms with Gasteiger partial charge in [-0.05, 0) is 153 Å². The van der Waals surface area contributed by atoms with E-state index in [1.807, 2.05) is 0 Å². The molecule has 344 valence electrons. The maximum atomic E-state index is 15.2. The first kappa shape index (κ1) is 51.4. The van der Waals surface area contributed by atoms with Crippen molar-refractivity contribution >= 4 is 194 Å². The van der Waals surface area contributed by atoms with Gasteiger partial charge < -0.3 is 0 Å². The van der Waals surface area contributed by atoms with Crippen LogP contribution in [0.15, 0.2) is 35.8 Å². The van der Waals surface area contributed by atoms with E-state index in [0.717, 1.165) is 161 Å². The van der Waals surface area contributed by atoms with E-state index in [-0.39, 0.29) is 35.7 Å². The lowest BCUT2D eigenvalue weighted by atomic mass is 9.81. The van der Waals surface area contributed by atoms with Crippen molar-refractivity contribution in [1.29, 1.82) is 0 Å². The second-order valence-corrected chi connectivity index (χ2v) is 24.0. The zero-order valence-electron chi connectivity index (χ0n) is 36.8. The van der Waals surface area contributed by atoms with Crippen LogP contribution in [0.2, 0.25) is 0 Å². The molecule has 6 nitrogen and oxygen atoms in total. The van der Waals surface area contributed by atoms with E-state index in [1.165, 1.54) is 0 Å². The Morgan fingerprint density at radius 2 is 0.516 bits per heavy atom. The highest BCUT2D eigenvalue weighted by molar-refractivity contribution is 9.14. The molecule has 0 unspecified atom stereocenters. The third-order valence-electron chi connectivity index (χ3n) is 13.6. The number of halogens is 8. The van der Waals surface area contributed by atoms with Crippen molar-refractivity contribution in [1.82, 2.24) is 9.80 Å². The Kier molecular flexibility index (Phi) is 17.7. The summed E-state index contributed by atoms with van der Waals surface area (Å²) in [4.78, 5) is 64.0. The highest BCUT2D eigenvalue weighted by atomic mass is 79.9. The number of fused-ring (bicyclic) bond motifs is 2. The number of amides is 4. The monoisotopic (exact) mass is 1380 g/mol. The first-order chi connectivity index (χ1) is 30.7. The molecule has 0 spiro atoms. The summed E-state index contributed by atoms with van der Waals surface area (Å²) in [5.41, 5.74) is 1.74. The molecule has 2 aliphatic rings. The van der Waals surface area contributed by atoms with Crippen LogP contribution in [0.3, 0.4) is 0 Å². The molecule has 2 heterocycles. The number of unbranched alkanes of at least 4 members (excludes halogenated alkanes) is 12. The number of hydrogen-bond acceptors (Lipinski definition) is 4. The quantitative estimate of drug-likeness (QED) is 0.0299. The fourth-order valence-electron chi connectivity index (χ4n) is 10.4. The lowest BCUT2D eigenvalue weighted by Crippen LogP contribution is -2.47. The number of imide groups is 2. The number of benzene rings is 5. The van der Waals surface area contributed by atoms with Crippen LogP contribution in [0.5, 0.6) is 0 Å². The summed E-state index contributed by atoms with van der Waals surface area (Å²) < 4.78 is 4.77. The molecule has 64 heavy (non-hydrogen) atoms. The van der Waals surface area contributed by atoms with Gasteiger partial charge in [0.1, 0.15) is 0 Å². The van der Waals surface area contributed by atoms with Gasteiger partial charge in [0, 0.05) is 91.0 Å². The van der Waals surface area contributed by atoms with Gasteiger partial charge >= 0.3 is 0 Å². The van der Waals surface area contributed by atoms with Crippen molar-refractivity contribution in [3.63, 3.8) is 0 Å². The van der Waals surface area contributed by atoms with Gasteiger partial charge in [-0.3, -0.25) is 29.0 Å². The molecule has 0 bridgehead atoms. The average molecular weight is 1390 g/mol. The molecule has 0 radical (unpaired) electrons. The van der Waals surface area contributed by atoms with E-state index < -0.39 is 0 Å². The Balaban J connectivity index is 1.51. The molecular weight excluding hydrogens is 1330 g/mol. The second-order valence-electron chi connectivity index (χ2n) is 17.7. The summed E-state index contributed by atoms with van der Waals surface area (Å²) in [5, 5.41) is 5.58. The topological polar surface area (TPSA) is 74.8 Å². The number of nitrogens with zero attached hydrogens (tertiary/aromatic N) is 2. The third-order valence-corrected chi connectivity index (χ3v) is 22.0. The normalized spacial score (nSPS) is 14.3. The van der Waals surface area contributed by atoms with E-state index >= 15 is 19.2 Å². The lowest BCUT2D eigenvalue weighted by Gasteiger charge is -2.37. The van der Waals surface area contributed by atoms with E-state index in [2.05, 4.69) is 155 Å². The Hall–Kier alpha value is -0.480. The van der Waals surface area contributed by atoms with Gasteiger partial charge in [-0.15, -0.1) is 0 Å². The molecule has 5 aromatic rings. The number of hydrogen-bond donors (Lipinski definition) is 0. The molecule has 0 N–H and O–H groups in total. The van der Waals surface area contributed by atoms with Crippen LogP contribution in [0.25, 0.3) is 43.1 Å². The van der Waals surface area contributed by atoms with Crippen molar-refractivity contribution in [3.8, 4) is 0 Å². The molecule has 2 aliphatic heterocycles. The van der Waals surface area contributed by atoms with Crippen LogP contribution in [-0.2, 0) is 0 Å². The van der Waals surface area contributed by atoms with Gasteiger partial charge in [-0.25, -0.2) is 0 Å². The fraction of sp³-hybridized carbons (Fsp3) is 0.520. The van der Waals surface area contributed by atoms with Gasteiger partial charge in [0.2, 0.25) is 0 Å². The SMILES string of the molecule is CCCCCCC(CCCCCC)N1C(=O)c2c(Br)c(Br)c3c4c(Br)c(Br)c5c6c(c(Br)c(Br)c(c7c(Br)c(Br)c(c2c37)C1=O)c64)C(=O)N(C(CCCCCC)CCCCCC)C5=O. The zero-order valence-corrected chi connectivity index (χ0v) is 49.5. The van der Waals surface area contributed by atoms with Gasteiger partial charge in [0.05, 0.1) is 22.3 Å². The highest BCUT2D eigenvalue weighted by Gasteiger charge is 2.46. The summed E-state index contributed by atoms with van der Waals surface area (Å²) in [6.07, 6.45) is 19.9. The summed E-state index contributed by atoms with van der Waals surface area (Å²) in [5.74, 6) is -1.22. The molecule has 7 rings (SSSR count). The maximum Gasteiger partial charge on any atom is 0.262 e. The van der Waals surface area contributed by atoms with Crippen LogP contribution >= 0.6 is 127 Å². The van der Waals surface area contributed by atoms with Crippen LogP contribution < -0.4 is 0 Å². The second kappa shape index (κ2) is 22.1. The molecule has 0 atom stereocenters. The molecule has 0 saturated heterocycles. The average Bonchev–Trinajstić information content (AvgIpc) is 3.27. The van der Waals surface area contributed by atoms with Crippen molar-refractivity contribution in [2.24, 2.45) is 0 Å². The standard InChI is InChI=1S/C50H54Br8N2O4/c1-5-9-13-17-21-25(22-18-14-10-6-2)59-47(61)35-29-27-31(39(51)43(35)55)33-28-30-37(45(57)41(33)53)49(63)60(26(23-19-15-11-7-3)24-20-16-12-8-4)50(64)38(30)46(58)42(54)34(28)32(27)40(52)44(56)36(29)48(59)62/h25-26H,5-24H2,1-4H3. The minimum atomic E-state index is -0.306. The molecule has 0 saturated carbocycles. The predicted molar refractivity (Wildman–Crippen MR) is 293 cm³/mol. The van der Waals surface area contributed by atoms with Gasteiger partial charge in [-0.1, -0.05) is 130 Å². The maximum absolute atomic E-state index is 15.2. The summed E-state index contributed by atoms with van der Waals surface area (Å²) in [6.45, 7) is 8.76. The Morgan fingerprint density at radius 3 is 0.719 bits per heavy atom. The minimum Gasteiger partial charge on any atom is -0.271 e. The van der Waals surface area contributed by atoms with E-state index in [4.69, 9.17) is 0 Å². The molecule has 14 heteroatoms. The molecule has 0 aromatic heterocycles. The number of rotatable bonds is 22. The summed E-state index contributed by atoms with van der Waals surface area (Å²) >= 11 is 31.7. The predicted octanol–water partition coefficient (Wildman–Crippen LogP) is 19.6. The summed E-state index contributed by atoms with van der Waals surface area (Å²) in [7, 11) is 0. The fourth-order valence-corrected chi connectivity index (χ4v) is 15.0. The van der Waals surface area contributed by atoms with Crippen LogP contribution in [0.1, 0.15) is 198 Å². The largest absolute Gasteiger partial charge is 0.271 e. The number of carbonyl (C=O) groups excluding carboxylic acids is 4. The Morgan fingerprint density at radius 1 is 0.297 bits per heavy atom. The van der Waals surface area contributed by atoms with Crippen LogP contribution in [0, 0.1) is 0 Å². The van der Waals surface area contributed by atoms with Gasteiger partial charge in [-0.2, -0.15) is 0 Å². The number of carbonyl (C=O) groups is 4. The van der Waals surface area contributed by atoms with Crippen LogP contribution in [-0.4, -0.2) is 45.5 Å². The molecular formula is C50H54Br8N2O4. The van der Waals surface area contributed by atoms with E-state index in [1.54, 1.807) is 9.80 Å². The smallest absolute Gasteiger partial charge is 0.262 e. The zero-order chi connectivity index (χ0) is 46.3. The molecule has 4 amide bonds. The van der Waals surface area contributed by atoms with Gasteiger partial charge in [0.15, 0.2) is 0 Å². The third kappa shape index (κ3) is 8.85. The summed E-state index contributed by atoms with van der Waals surface area (Å²) in [6, 6.07) is -0.482. The Bertz CT molecular complexity index is 2330. The molecule has 5 aromatic carbocycles. The van der Waals surface area contributed by atoms with Crippen LogP contribution in [0.4, 0.5) is 0 Å². The van der Waals surface area contributed by atoms with E-state index in [9.17, 15) is 0 Å².